The van der Waals surface area contributed by atoms with Crippen LogP contribution in [0.3, 0.4) is 0 Å². The van der Waals surface area contributed by atoms with Gasteiger partial charge in [-0.15, -0.1) is 0 Å². The van der Waals surface area contributed by atoms with E-state index in [1.54, 1.807) is 0 Å². The van der Waals surface area contributed by atoms with E-state index in [1.807, 2.05) is 6.92 Å². The zero-order valence-corrected chi connectivity index (χ0v) is 12.0. The number of anilines is 1. The van der Waals surface area contributed by atoms with Crippen molar-refractivity contribution in [2.45, 2.75) is 25.9 Å². The molecule has 1 fully saturated rings. The van der Waals surface area contributed by atoms with Crippen molar-refractivity contribution in [2.75, 3.05) is 11.9 Å². The maximum atomic E-state index is 13.6. The van der Waals surface area contributed by atoms with E-state index in [2.05, 4.69) is 21.2 Å². The highest BCUT2D eigenvalue weighted by Gasteiger charge is 2.33. The smallest absolute Gasteiger partial charge is 0.230 e. The number of carbonyl (C=O) groups is 1. The van der Waals surface area contributed by atoms with Crippen LogP contribution in [0.25, 0.3) is 0 Å². The van der Waals surface area contributed by atoms with Crippen LogP contribution in [0.15, 0.2) is 16.6 Å². The molecule has 19 heavy (non-hydrogen) atoms. The molecule has 1 N–H and O–H groups in total. The lowest BCUT2D eigenvalue weighted by Gasteiger charge is -2.17. The fraction of sp³-hybridized carbons (Fsp3) is 0.462. The molecular weight excluding hydrogens is 320 g/mol. The number of hydrogen-bond donors (Lipinski definition) is 1. The molecule has 3 nitrogen and oxygen atoms in total. The minimum atomic E-state index is -0.799. The predicted molar refractivity (Wildman–Crippen MR) is 70.8 cm³/mol. The molecule has 1 aromatic rings. The first-order chi connectivity index (χ1) is 9.02. The molecular formula is C13H14BrF2NO2. The van der Waals surface area contributed by atoms with Crippen molar-refractivity contribution in [2.24, 2.45) is 5.92 Å². The summed E-state index contributed by atoms with van der Waals surface area (Å²) in [6.45, 7) is 2.42. The van der Waals surface area contributed by atoms with Crippen molar-refractivity contribution >= 4 is 27.5 Å². The van der Waals surface area contributed by atoms with Crippen molar-refractivity contribution in [3.8, 4) is 0 Å². The van der Waals surface area contributed by atoms with Gasteiger partial charge in [-0.1, -0.05) is 22.9 Å². The molecule has 0 bridgehead atoms. The fourth-order valence-electron chi connectivity index (χ4n) is 2.23. The van der Waals surface area contributed by atoms with Gasteiger partial charge in [-0.2, -0.15) is 0 Å². The molecule has 1 aliphatic rings. The maximum Gasteiger partial charge on any atom is 0.230 e. The number of amides is 1. The Morgan fingerprint density at radius 3 is 2.68 bits per heavy atom. The number of halogens is 3. The SMILES string of the molecule is CCC1OCCC1C(=O)Nc1c(F)cc(Br)cc1F. The zero-order chi connectivity index (χ0) is 14.0. The summed E-state index contributed by atoms with van der Waals surface area (Å²) < 4.78 is 32.9. The van der Waals surface area contributed by atoms with Gasteiger partial charge in [-0.3, -0.25) is 4.79 Å². The van der Waals surface area contributed by atoms with Crippen LogP contribution in [0.1, 0.15) is 19.8 Å². The molecule has 6 heteroatoms. The second-order valence-electron chi connectivity index (χ2n) is 4.45. The van der Waals surface area contributed by atoms with Gasteiger partial charge in [0, 0.05) is 11.1 Å². The van der Waals surface area contributed by atoms with E-state index in [-0.39, 0.29) is 16.5 Å². The number of hydrogen-bond acceptors (Lipinski definition) is 2. The summed E-state index contributed by atoms with van der Waals surface area (Å²) in [4.78, 5) is 12.0. The highest BCUT2D eigenvalue weighted by molar-refractivity contribution is 9.10. The van der Waals surface area contributed by atoms with Gasteiger partial charge in [0.05, 0.1) is 12.0 Å². The molecule has 1 amide bonds. The average Bonchev–Trinajstić information content (AvgIpc) is 2.81. The van der Waals surface area contributed by atoms with Crippen LogP contribution >= 0.6 is 15.9 Å². The van der Waals surface area contributed by atoms with E-state index in [1.165, 1.54) is 0 Å². The third-order valence-electron chi connectivity index (χ3n) is 3.20. The number of rotatable bonds is 3. The molecule has 1 saturated heterocycles. The van der Waals surface area contributed by atoms with Crippen LogP contribution in [-0.2, 0) is 9.53 Å². The Morgan fingerprint density at radius 1 is 1.47 bits per heavy atom. The van der Waals surface area contributed by atoms with Crippen molar-refractivity contribution in [3.63, 3.8) is 0 Å². The minimum Gasteiger partial charge on any atom is -0.377 e. The van der Waals surface area contributed by atoms with Gasteiger partial charge in [0.25, 0.3) is 0 Å². The van der Waals surface area contributed by atoms with E-state index < -0.39 is 23.2 Å². The molecule has 2 rings (SSSR count). The average molecular weight is 334 g/mol. The van der Waals surface area contributed by atoms with Crippen LogP contribution in [0.4, 0.5) is 14.5 Å². The van der Waals surface area contributed by atoms with Crippen LogP contribution < -0.4 is 5.32 Å². The summed E-state index contributed by atoms with van der Waals surface area (Å²) >= 11 is 2.99. The summed E-state index contributed by atoms with van der Waals surface area (Å²) in [5, 5.41) is 2.32. The van der Waals surface area contributed by atoms with Gasteiger partial charge >= 0.3 is 0 Å². The standard InChI is InChI=1S/C13H14BrF2NO2/c1-2-11-8(3-4-19-11)13(18)17-12-9(15)5-7(14)6-10(12)16/h5-6,8,11H,2-4H2,1H3,(H,17,18). The molecule has 1 heterocycles. The van der Waals surface area contributed by atoms with E-state index in [4.69, 9.17) is 4.74 Å². The molecule has 104 valence electrons. The van der Waals surface area contributed by atoms with Gasteiger partial charge < -0.3 is 10.1 Å². The Hall–Kier alpha value is -1.01. The van der Waals surface area contributed by atoms with Gasteiger partial charge in [-0.25, -0.2) is 8.78 Å². The second kappa shape index (κ2) is 5.96. The molecule has 0 aromatic heterocycles. The Morgan fingerprint density at radius 2 is 2.11 bits per heavy atom. The molecule has 0 aliphatic carbocycles. The first kappa shape index (κ1) is 14.4. The van der Waals surface area contributed by atoms with Gasteiger partial charge in [0.1, 0.15) is 5.69 Å². The zero-order valence-electron chi connectivity index (χ0n) is 10.4. The van der Waals surface area contributed by atoms with Gasteiger partial charge in [0.2, 0.25) is 5.91 Å². The molecule has 2 atom stereocenters. The van der Waals surface area contributed by atoms with Gasteiger partial charge in [-0.05, 0) is 25.0 Å². The monoisotopic (exact) mass is 333 g/mol. The molecule has 0 radical (unpaired) electrons. The Bertz CT molecular complexity index is 473. The van der Waals surface area contributed by atoms with Crippen LogP contribution in [0.2, 0.25) is 0 Å². The minimum absolute atomic E-state index is 0.179. The van der Waals surface area contributed by atoms with Crippen LogP contribution in [-0.4, -0.2) is 18.6 Å². The van der Waals surface area contributed by atoms with Crippen LogP contribution in [0, 0.1) is 17.6 Å². The van der Waals surface area contributed by atoms with Crippen molar-refractivity contribution in [1.82, 2.24) is 0 Å². The number of benzene rings is 1. The summed E-state index contributed by atoms with van der Waals surface area (Å²) in [6.07, 6.45) is 1.09. The van der Waals surface area contributed by atoms with E-state index >= 15 is 0 Å². The summed E-state index contributed by atoms with van der Waals surface area (Å²) in [7, 11) is 0. The first-order valence-corrected chi connectivity index (χ1v) is 6.89. The molecule has 0 spiro atoms. The molecule has 1 aliphatic heterocycles. The predicted octanol–water partition coefficient (Wildman–Crippen LogP) is 3.48. The van der Waals surface area contributed by atoms with Crippen molar-refractivity contribution < 1.29 is 18.3 Å². The highest BCUT2D eigenvalue weighted by atomic mass is 79.9. The van der Waals surface area contributed by atoms with Crippen molar-refractivity contribution in [1.29, 1.82) is 0 Å². The highest BCUT2D eigenvalue weighted by Crippen LogP contribution is 2.28. The summed E-state index contributed by atoms with van der Waals surface area (Å²) in [5.41, 5.74) is -0.407. The largest absolute Gasteiger partial charge is 0.377 e. The lowest BCUT2D eigenvalue weighted by Crippen LogP contribution is -2.29. The van der Waals surface area contributed by atoms with Gasteiger partial charge in [0.15, 0.2) is 11.6 Å². The Kier molecular flexibility index (Phi) is 4.52. The quantitative estimate of drug-likeness (QED) is 0.919. The molecule has 2 unspecified atom stereocenters. The maximum absolute atomic E-state index is 13.6. The van der Waals surface area contributed by atoms with E-state index in [9.17, 15) is 13.6 Å². The normalized spacial score (nSPS) is 22.5. The summed E-state index contributed by atoms with van der Waals surface area (Å²) in [5.74, 6) is -2.35. The fourth-order valence-corrected chi connectivity index (χ4v) is 2.63. The number of carbonyl (C=O) groups excluding carboxylic acids is 1. The van der Waals surface area contributed by atoms with Crippen LogP contribution in [0.5, 0.6) is 0 Å². The van der Waals surface area contributed by atoms with E-state index in [0.717, 1.165) is 12.1 Å². The summed E-state index contributed by atoms with van der Waals surface area (Å²) in [6, 6.07) is 2.22. The third kappa shape index (κ3) is 3.12. The molecule has 1 aromatic carbocycles. The molecule has 0 saturated carbocycles. The lowest BCUT2D eigenvalue weighted by molar-refractivity contribution is -0.121. The Labute approximate surface area is 118 Å². The second-order valence-corrected chi connectivity index (χ2v) is 5.36. The van der Waals surface area contributed by atoms with E-state index in [0.29, 0.717) is 19.4 Å². The lowest BCUT2D eigenvalue weighted by atomic mass is 9.98. The third-order valence-corrected chi connectivity index (χ3v) is 3.66. The number of ether oxygens (including phenoxy) is 1. The first-order valence-electron chi connectivity index (χ1n) is 6.10. The Balaban J connectivity index is 2.15. The number of nitrogens with one attached hydrogen (secondary N) is 1. The van der Waals surface area contributed by atoms with Crippen molar-refractivity contribution in [3.05, 3.63) is 28.2 Å². The topological polar surface area (TPSA) is 38.3 Å².